The number of halogens is 1. The number of benzene rings is 1. The van der Waals surface area contributed by atoms with E-state index in [9.17, 15) is 0 Å². The highest BCUT2D eigenvalue weighted by Crippen LogP contribution is 2.26. The number of fused-ring (bicyclic) bond motifs is 1. The fraction of sp³-hybridized carbons (Fsp3) is 0.0833. The largest absolute Gasteiger partial charge is 0.229 e. The fourth-order valence-electron chi connectivity index (χ4n) is 1.49. The lowest BCUT2D eigenvalue weighted by Gasteiger charge is -1.99. The lowest BCUT2D eigenvalue weighted by molar-refractivity contribution is 0.993. The lowest BCUT2D eigenvalue weighted by atomic mass is 10.2. The average Bonchev–Trinajstić information content (AvgIpc) is 2.77. The van der Waals surface area contributed by atoms with Crippen LogP contribution in [-0.4, -0.2) is 15.0 Å². The first-order chi connectivity index (χ1) is 8.81. The Balaban J connectivity index is 1.78. The Hall–Kier alpha value is -0.980. The quantitative estimate of drug-likeness (QED) is 0.531. The van der Waals surface area contributed by atoms with Crippen LogP contribution in [0, 0.1) is 0 Å². The normalized spacial score (nSPS) is 10.9. The van der Waals surface area contributed by atoms with Crippen LogP contribution >= 0.6 is 39.0 Å². The molecule has 0 unspecified atom stereocenters. The number of aromatic nitrogens is 3. The smallest absolute Gasteiger partial charge is 0.189 e. The summed E-state index contributed by atoms with van der Waals surface area (Å²) in [5.41, 5.74) is 2.03. The molecule has 0 aliphatic heterocycles. The number of nitrogens with zero attached hydrogens (tertiary/aromatic N) is 3. The summed E-state index contributed by atoms with van der Waals surface area (Å²) in [7, 11) is 0. The molecule has 2 heterocycles. The Morgan fingerprint density at radius 3 is 2.83 bits per heavy atom. The highest BCUT2D eigenvalue weighted by atomic mass is 79.9. The molecule has 0 aliphatic carbocycles. The number of hydrogen-bond acceptors (Lipinski definition) is 5. The van der Waals surface area contributed by atoms with Gasteiger partial charge in [0, 0.05) is 5.75 Å². The molecule has 3 nitrogen and oxygen atoms in total. The van der Waals surface area contributed by atoms with Crippen LogP contribution in [0.1, 0.15) is 5.56 Å². The van der Waals surface area contributed by atoms with Crippen molar-refractivity contribution in [2.24, 2.45) is 0 Å². The molecule has 1 aromatic carbocycles. The highest BCUT2D eigenvalue weighted by Gasteiger charge is 2.05. The monoisotopic (exact) mass is 337 g/mol. The van der Waals surface area contributed by atoms with Crippen LogP contribution < -0.4 is 0 Å². The molecular formula is C12H8BrN3S2. The number of thioether (sulfide) groups is 1. The Morgan fingerprint density at radius 1 is 1.17 bits per heavy atom. The van der Waals surface area contributed by atoms with Crippen molar-refractivity contribution >= 4 is 49.4 Å². The van der Waals surface area contributed by atoms with Crippen LogP contribution in [-0.2, 0) is 5.75 Å². The molecule has 0 aliphatic rings. The van der Waals surface area contributed by atoms with Crippen molar-refractivity contribution in [1.82, 2.24) is 15.0 Å². The van der Waals surface area contributed by atoms with Gasteiger partial charge in [0.2, 0.25) is 0 Å². The van der Waals surface area contributed by atoms with E-state index in [-0.39, 0.29) is 0 Å². The zero-order valence-electron chi connectivity index (χ0n) is 9.21. The van der Waals surface area contributed by atoms with Gasteiger partial charge in [-0.2, -0.15) is 0 Å². The summed E-state index contributed by atoms with van der Waals surface area (Å²) < 4.78 is 1.85. The van der Waals surface area contributed by atoms with E-state index in [4.69, 9.17) is 0 Å². The van der Waals surface area contributed by atoms with Gasteiger partial charge in [0.1, 0.15) is 0 Å². The molecule has 0 fully saturated rings. The number of rotatable bonds is 3. The molecule has 0 saturated heterocycles. The molecule has 0 radical (unpaired) electrons. The first-order valence-corrected chi connectivity index (χ1v) is 7.86. The van der Waals surface area contributed by atoms with E-state index in [2.05, 4.69) is 43.0 Å². The summed E-state index contributed by atoms with van der Waals surface area (Å²) >= 11 is 6.53. The van der Waals surface area contributed by atoms with Crippen molar-refractivity contribution in [2.75, 3.05) is 0 Å². The van der Waals surface area contributed by atoms with Crippen molar-refractivity contribution in [1.29, 1.82) is 0 Å². The molecule has 3 rings (SSSR count). The van der Waals surface area contributed by atoms with E-state index in [0.29, 0.717) is 0 Å². The van der Waals surface area contributed by atoms with E-state index in [1.807, 2.05) is 24.4 Å². The number of hydrogen-bond donors (Lipinski definition) is 0. The van der Waals surface area contributed by atoms with Crippen LogP contribution in [0.3, 0.4) is 0 Å². The molecule has 90 valence electrons. The summed E-state index contributed by atoms with van der Waals surface area (Å²) in [5.74, 6) is 0.873. The second-order valence-electron chi connectivity index (χ2n) is 3.58. The second kappa shape index (κ2) is 5.34. The predicted molar refractivity (Wildman–Crippen MR) is 78.9 cm³/mol. The van der Waals surface area contributed by atoms with E-state index < -0.39 is 0 Å². The van der Waals surface area contributed by atoms with Gasteiger partial charge in [-0.1, -0.05) is 42.1 Å². The van der Waals surface area contributed by atoms with E-state index in [1.54, 1.807) is 23.1 Å². The van der Waals surface area contributed by atoms with Gasteiger partial charge in [-0.25, -0.2) is 15.0 Å². The summed E-state index contributed by atoms with van der Waals surface area (Å²) in [6.07, 6.45) is 1.83. The maximum absolute atomic E-state index is 4.43. The summed E-state index contributed by atoms with van der Waals surface area (Å²) in [6, 6.07) is 10.3. The first-order valence-electron chi connectivity index (χ1n) is 5.27. The minimum atomic E-state index is 0.762. The minimum absolute atomic E-state index is 0.762. The highest BCUT2D eigenvalue weighted by molar-refractivity contribution is 9.11. The van der Waals surface area contributed by atoms with Crippen LogP contribution in [0.2, 0.25) is 0 Å². The SMILES string of the molecule is Brc1nc2nc(SCc3ccccc3)ncc2s1. The number of thiazole rings is 1. The molecule has 0 spiro atoms. The zero-order valence-corrected chi connectivity index (χ0v) is 12.4. The molecule has 0 N–H and O–H groups in total. The molecule has 0 atom stereocenters. The molecule has 0 saturated carbocycles. The summed E-state index contributed by atoms with van der Waals surface area (Å²) in [6.45, 7) is 0. The van der Waals surface area contributed by atoms with Gasteiger partial charge in [-0.15, -0.1) is 11.3 Å². The van der Waals surface area contributed by atoms with Crippen molar-refractivity contribution in [3.8, 4) is 0 Å². The molecule has 6 heteroatoms. The molecular weight excluding hydrogens is 330 g/mol. The summed E-state index contributed by atoms with van der Waals surface area (Å²) in [5, 5.41) is 0.768. The van der Waals surface area contributed by atoms with Crippen molar-refractivity contribution in [2.45, 2.75) is 10.9 Å². The fourth-order valence-corrected chi connectivity index (χ4v) is 3.55. The van der Waals surface area contributed by atoms with Gasteiger partial charge in [0.05, 0.1) is 10.9 Å². The van der Waals surface area contributed by atoms with Crippen LogP contribution in [0.15, 0.2) is 45.6 Å². The Labute approximate surface area is 121 Å². The molecule has 2 aromatic heterocycles. The van der Waals surface area contributed by atoms with E-state index in [1.165, 1.54) is 5.56 Å². The molecule has 18 heavy (non-hydrogen) atoms. The van der Waals surface area contributed by atoms with Crippen molar-refractivity contribution in [3.63, 3.8) is 0 Å². The molecule has 3 aromatic rings. The predicted octanol–water partition coefficient (Wildman–Crippen LogP) is 4.14. The van der Waals surface area contributed by atoms with Crippen LogP contribution in [0.4, 0.5) is 0 Å². The van der Waals surface area contributed by atoms with Crippen LogP contribution in [0.5, 0.6) is 0 Å². The van der Waals surface area contributed by atoms with Gasteiger partial charge < -0.3 is 0 Å². The standard InChI is InChI=1S/C12H8BrN3S2/c13-11-15-10-9(18-11)6-14-12(16-10)17-7-8-4-2-1-3-5-8/h1-6H,7H2. The Morgan fingerprint density at radius 2 is 2.00 bits per heavy atom. The van der Waals surface area contributed by atoms with E-state index >= 15 is 0 Å². The maximum atomic E-state index is 4.43. The molecule has 0 bridgehead atoms. The van der Waals surface area contributed by atoms with Crippen molar-refractivity contribution < 1.29 is 0 Å². The topological polar surface area (TPSA) is 38.7 Å². The first kappa shape index (κ1) is 12.1. The zero-order chi connectivity index (χ0) is 12.4. The second-order valence-corrected chi connectivity index (χ2v) is 6.83. The Kier molecular flexibility index (Phi) is 3.58. The van der Waals surface area contributed by atoms with Crippen LogP contribution in [0.25, 0.3) is 10.3 Å². The third kappa shape index (κ3) is 2.71. The molecule has 0 amide bonds. The maximum Gasteiger partial charge on any atom is 0.189 e. The lowest BCUT2D eigenvalue weighted by Crippen LogP contribution is -1.87. The van der Waals surface area contributed by atoms with Gasteiger partial charge in [0.25, 0.3) is 0 Å². The van der Waals surface area contributed by atoms with Gasteiger partial charge in [-0.05, 0) is 21.5 Å². The van der Waals surface area contributed by atoms with Gasteiger partial charge >= 0.3 is 0 Å². The van der Waals surface area contributed by atoms with Gasteiger partial charge in [-0.3, -0.25) is 0 Å². The van der Waals surface area contributed by atoms with E-state index in [0.717, 1.165) is 25.2 Å². The summed E-state index contributed by atoms with van der Waals surface area (Å²) in [4.78, 5) is 13.1. The average molecular weight is 338 g/mol. The third-order valence-electron chi connectivity index (χ3n) is 2.31. The minimum Gasteiger partial charge on any atom is -0.229 e. The van der Waals surface area contributed by atoms with Gasteiger partial charge in [0.15, 0.2) is 14.7 Å². The van der Waals surface area contributed by atoms with Crippen molar-refractivity contribution in [3.05, 3.63) is 46.0 Å². The third-order valence-corrected chi connectivity index (χ3v) is 4.68. The Bertz CT molecular complexity index is 669.